The van der Waals surface area contributed by atoms with E-state index in [4.69, 9.17) is 0 Å². The Balaban J connectivity index is 1.46. The average Bonchev–Trinajstić information content (AvgIpc) is 2.94. The van der Waals surface area contributed by atoms with E-state index >= 15 is 0 Å². The van der Waals surface area contributed by atoms with Gasteiger partial charge in [-0.25, -0.2) is 0 Å². The van der Waals surface area contributed by atoms with Crippen molar-refractivity contribution in [3.63, 3.8) is 0 Å². The van der Waals surface area contributed by atoms with Crippen LogP contribution in [0.1, 0.15) is 52.7 Å². The van der Waals surface area contributed by atoms with Gasteiger partial charge in [-0.15, -0.1) is 0 Å². The molecule has 2 heteroatoms. The van der Waals surface area contributed by atoms with Crippen LogP contribution in [0.4, 0.5) is 17.1 Å². The topological polar surface area (TPSA) is 3.24 Å². The molecule has 5 aromatic carbocycles. The van der Waals surface area contributed by atoms with Crippen molar-refractivity contribution in [3.8, 4) is 22.3 Å². The first-order chi connectivity index (χ1) is 19.0. The first-order valence-electron chi connectivity index (χ1n) is 14.0. The summed E-state index contributed by atoms with van der Waals surface area (Å²) in [5.74, 6) is 0. The maximum atomic E-state index is 3.59. The van der Waals surface area contributed by atoms with Crippen LogP contribution in [0, 0.1) is 0 Å². The molecule has 0 saturated carbocycles. The van der Waals surface area contributed by atoms with Gasteiger partial charge in [0, 0.05) is 21.5 Å². The standard InChI is InChI=1S/C38H38BrN/c1-37(2,3)31-15-7-27(8-16-31)29-11-21-34(22-12-29)40(36-25-19-33(39)20-26-36)35-23-13-30(14-24-35)28-9-17-32(18-10-28)38(4,5)6/h7-26H,1-6H3. The zero-order chi connectivity index (χ0) is 28.5. The molecule has 40 heavy (non-hydrogen) atoms. The molecule has 1 nitrogen and oxygen atoms in total. The predicted molar refractivity (Wildman–Crippen MR) is 177 cm³/mol. The van der Waals surface area contributed by atoms with Crippen LogP contribution in [-0.4, -0.2) is 0 Å². The molecule has 0 spiro atoms. The molecular weight excluding hydrogens is 550 g/mol. The van der Waals surface area contributed by atoms with Crippen molar-refractivity contribution in [2.24, 2.45) is 0 Å². The van der Waals surface area contributed by atoms with Crippen molar-refractivity contribution in [3.05, 3.63) is 137 Å². The number of rotatable bonds is 5. The van der Waals surface area contributed by atoms with Crippen LogP contribution in [0.15, 0.2) is 126 Å². The second-order valence-corrected chi connectivity index (χ2v) is 13.5. The smallest absolute Gasteiger partial charge is 0.0462 e. The van der Waals surface area contributed by atoms with Crippen LogP contribution >= 0.6 is 15.9 Å². The SMILES string of the molecule is CC(C)(C)c1ccc(-c2ccc(N(c3ccc(Br)cc3)c3ccc(-c4ccc(C(C)(C)C)cc4)cc3)cc2)cc1. The van der Waals surface area contributed by atoms with E-state index < -0.39 is 0 Å². The fourth-order valence-electron chi connectivity index (χ4n) is 4.97. The highest BCUT2D eigenvalue weighted by molar-refractivity contribution is 9.10. The minimum atomic E-state index is 0.152. The van der Waals surface area contributed by atoms with Gasteiger partial charge in [-0.2, -0.15) is 0 Å². The van der Waals surface area contributed by atoms with Gasteiger partial charge in [-0.05, 0) is 92.7 Å². The zero-order valence-electron chi connectivity index (χ0n) is 24.4. The molecule has 0 amide bonds. The lowest BCUT2D eigenvalue weighted by Crippen LogP contribution is -2.10. The molecule has 0 N–H and O–H groups in total. The summed E-state index contributed by atoms with van der Waals surface area (Å²) in [5.41, 5.74) is 11.3. The van der Waals surface area contributed by atoms with E-state index in [0.717, 1.165) is 21.5 Å². The van der Waals surface area contributed by atoms with Gasteiger partial charge in [0.1, 0.15) is 0 Å². The van der Waals surface area contributed by atoms with E-state index in [0.29, 0.717) is 0 Å². The van der Waals surface area contributed by atoms with Crippen molar-refractivity contribution < 1.29 is 0 Å². The van der Waals surface area contributed by atoms with Gasteiger partial charge >= 0.3 is 0 Å². The van der Waals surface area contributed by atoms with E-state index in [1.54, 1.807) is 0 Å². The average molecular weight is 589 g/mol. The summed E-state index contributed by atoms with van der Waals surface area (Å²) in [7, 11) is 0. The normalized spacial score (nSPS) is 11.9. The van der Waals surface area contributed by atoms with Gasteiger partial charge < -0.3 is 4.90 Å². The molecule has 0 heterocycles. The van der Waals surface area contributed by atoms with E-state index in [2.05, 4.69) is 184 Å². The molecule has 5 aromatic rings. The van der Waals surface area contributed by atoms with Crippen LogP contribution in [0.25, 0.3) is 22.3 Å². The summed E-state index contributed by atoms with van der Waals surface area (Å²) in [6.45, 7) is 13.5. The van der Waals surface area contributed by atoms with E-state index in [-0.39, 0.29) is 10.8 Å². The summed E-state index contributed by atoms with van der Waals surface area (Å²) in [6.07, 6.45) is 0. The molecule has 0 aliphatic rings. The molecule has 5 rings (SSSR count). The summed E-state index contributed by atoms with van der Waals surface area (Å²) in [6, 6.07) is 44.2. The van der Waals surface area contributed by atoms with Gasteiger partial charge in [0.2, 0.25) is 0 Å². The van der Waals surface area contributed by atoms with Crippen LogP contribution < -0.4 is 4.90 Å². The number of nitrogens with zero attached hydrogens (tertiary/aromatic N) is 1. The molecule has 0 radical (unpaired) electrons. The Labute approximate surface area is 248 Å². The third-order valence-electron chi connectivity index (χ3n) is 7.50. The maximum absolute atomic E-state index is 3.59. The third kappa shape index (κ3) is 6.24. The Kier molecular flexibility index (Phi) is 7.75. The summed E-state index contributed by atoms with van der Waals surface area (Å²) in [4.78, 5) is 2.31. The third-order valence-corrected chi connectivity index (χ3v) is 8.03. The van der Waals surface area contributed by atoms with Crippen LogP contribution in [0.5, 0.6) is 0 Å². The molecule has 0 atom stereocenters. The Bertz CT molecular complexity index is 1450. The fraction of sp³-hybridized carbons (Fsp3) is 0.211. The lowest BCUT2D eigenvalue weighted by molar-refractivity contribution is 0.590. The van der Waals surface area contributed by atoms with Gasteiger partial charge in [0.25, 0.3) is 0 Å². The summed E-state index contributed by atoms with van der Waals surface area (Å²) >= 11 is 3.59. The second-order valence-electron chi connectivity index (χ2n) is 12.6. The molecule has 202 valence electrons. The highest BCUT2D eigenvalue weighted by Crippen LogP contribution is 2.37. The van der Waals surface area contributed by atoms with Crippen molar-refractivity contribution in [1.82, 2.24) is 0 Å². The number of hydrogen-bond donors (Lipinski definition) is 0. The van der Waals surface area contributed by atoms with Crippen LogP contribution in [-0.2, 0) is 10.8 Å². The number of benzene rings is 5. The van der Waals surface area contributed by atoms with Gasteiger partial charge in [-0.3, -0.25) is 0 Å². The second kappa shape index (κ2) is 11.1. The molecule has 0 saturated heterocycles. The molecule has 0 bridgehead atoms. The first kappa shape index (κ1) is 27.9. The Morgan fingerprint density at radius 1 is 0.375 bits per heavy atom. The predicted octanol–water partition coefficient (Wildman–Crippen LogP) is 11.8. The summed E-state index contributed by atoms with van der Waals surface area (Å²) < 4.78 is 1.07. The first-order valence-corrected chi connectivity index (χ1v) is 14.8. The number of halogens is 1. The molecule has 0 aliphatic carbocycles. The lowest BCUT2D eigenvalue weighted by atomic mass is 9.86. The minimum Gasteiger partial charge on any atom is -0.311 e. The molecule has 0 unspecified atom stereocenters. The van der Waals surface area contributed by atoms with E-state index in [1.807, 2.05) is 0 Å². The maximum Gasteiger partial charge on any atom is 0.0462 e. The quantitative estimate of drug-likeness (QED) is 0.197. The van der Waals surface area contributed by atoms with Crippen molar-refractivity contribution in [2.75, 3.05) is 4.90 Å². The minimum absolute atomic E-state index is 0.152. The van der Waals surface area contributed by atoms with Crippen molar-refractivity contribution >= 4 is 33.0 Å². The Morgan fingerprint density at radius 2 is 0.625 bits per heavy atom. The highest BCUT2D eigenvalue weighted by Gasteiger charge is 2.16. The monoisotopic (exact) mass is 587 g/mol. The van der Waals surface area contributed by atoms with E-state index in [9.17, 15) is 0 Å². The van der Waals surface area contributed by atoms with E-state index in [1.165, 1.54) is 33.4 Å². The molecule has 0 fully saturated rings. The molecular formula is C38H38BrN. The fourth-order valence-corrected chi connectivity index (χ4v) is 5.23. The Hall–Kier alpha value is -3.62. The van der Waals surface area contributed by atoms with Gasteiger partial charge in [0.15, 0.2) is 0 Å². The lowest BCUT2D eigenvalue weighted by Gasteiger charge is -2.26. The van der Waals surface area contributed by atoms with Crippen molar-refractivity contribution in [1.29, 1.82) is 0 Å². The highest BCUT2D eigenvalue weighted by atomic mass is 79.9. The molecule has 0 aliphatic heterocycles. The summed E-state index contributed by atoms with van der Waals surface area (Å²) in [5, 5.41) is 0. The van der Waals surface area contributed by atoms with Crippen molar-refractivity contribution in [2.45, 2.75) is 52.4 Å². The zero-order valence-corrected chi connectivity index (χ0v) is 26.0. The molecule has 0 aromatic heterocycles. The van der Waals surface area contributed by atoms with Gasteiger partial charge in [-0.1, -0.05) is 130 Å². The van der Waals surface area contributed by atoms with Gasteiger partial charge in [0.05, 0.1) is 0 Å². The number of hydrogen-bond acceptors (Lipinski definition) is 1. The van der Waals surface area contributed by atoms with Crippen LogP contribution in [0.2, 0.25) is 0 Å². The number of anilines is 3. The van der Waals surface area contributed by atoms with Crippen LogP contribution in [0.3, 0.4) is 0 Å². The largest absolute Gasteiger partial charge is 0.311 e. The Morgan fingerprint density at radius 3 is 0.900 bits per heavy atom.